The maximum absolute atomic E-state index is 5.61. The molecule has 0 fully saturated rings. The normalized spacial score (nSPS) is 19.8. The Bertz CT molecular complexity index is 378. The minimum atomic E-state index is 0.348. The average Bonchev–Trinajstić information content (AvgIpc) is 2.70. The van der Waals surface area contributed by atoms with Crippen LogP contribution in [-0.2, 0) is 11.2 Å². The van der Waals surface area contributed by atoms with Crippen LogP contribution in [0.25, 0.3) is 0 Å². The van der Waals surface area contributed by atoms with Crippen LogP contribution in [0.2, 0.25) is 0 Å². The molecule has 0 aliphatic carbocycles. The van der Waals surface area contributed by atoms with Gasteiger partial charge in [-0.1, -0.05) is 43.7 Å². The molecule has 2 rings (SSSR count). The van der Waals surface area contributed by atoms with E-state index in [1.807, 2.05) is 0 Å². The van der Waals surface area contributed by atoms with Gasteiger partial charge in [-0.15, -0.1) is 0 Å². The molecule has 1 heterocycles. The fraction of sp³-hybridized carbons (Fsp3) is 0.500. The minimum Gasteiger partial charge on any atom is -0.478 e. The molecule has 86 valence electrons. The Morgan fingerprint density at radius 2 is 2.00 bits per heavy atom. The predicted molar refractivity (Wildman–Crippen MR) is 66.9 cm³/mol. The van der Waals surface area contributed by atoms with Crippen LogP contribution in [0.15, 0.2) is 29.3 Å². The molecule has 16 heavy (non-hydrogen) atoms. The summed E-state index contributed by atoms with van der Waals surface area (Å²) < 4.78 is 5.61. The van der Waals surface area contributed by atoms with Crippen LogP contribution in [0.5, 0.6) is 0 Å². The maximum atomic E-state index is 5.61. The van der Waals surface area contributed by atoms with Gasteiger partial charge in [-0.3, -0.25) is 0 Å². The Morgan fingerprint density at radius 3 is 2.56 bits per heavy atom. The van der Waals surface area contributed by atoms with E-state index in [1.165, 1.54) is 11.1 Å². The Labute approximate surface area is 97.4 Å². The Balaban J connectivity index is 2.01. The molecule has 0 amide bonds. The molecule has 1 aliphatic rings. The van der Waals surface area contributed by atoms with Crippen molar-refractivity contribution in [1.29, 1.82) is 0 Å². The van der Waals surface area contributed by atoms with Gasteiger partial charge in [0.1, 0.15) is 6.61 Å². The number of ether oxygens (including phenoxy) is 1. The van der Waals surface area contributed by atoms with E-state index in [-0.39, 0.29) is 0 Å². The van der Waals surface area contributed by atoms with Gasteiger partial charge in [-0.2, -0.15) is 0 Å². The molecule has 0 N–H and O–H groups in total. The lowest BCUT2D eigenvalue weighted by molar-refractivity contribution is 0.287. The topological polar surface area (TPSA) is 21.6 Å². The van der Waals surface area contributed by atoms with Crippen LogP contribution in [0.1, 0.15) is 25.0 Å². The molecule has 0 spiro atoms. The summed E-state index contributed by atoms with van der Waals surface area (Å²) in [6.45, 7) is 7.22. The zero-order valence-corrected chi connectivity index (χ0v) is 10.2. The van der Waals surface area contributed by atoms with Crippen molar-refractivity contribution in [1.82, 2.24) is 0 Å². The first kappa shape index (κ1) is 11.2. The van der Waals surface area contributed by atoms with Gasteiger partial charge in [0.05, 0.1) is 6.04 Å². The average molecular weight is 217 g/mol. The van der Waals surface area contributed by atoms with Crippen molar-refractivity contribution in [2.75, 3.05) is 6.61 Å². The molecule has 0 saturated carbocycles. The summed E-state index contributed by atoms with van der Waals surface area (Å²) in [7, 11) is 0. The third-order valence-electron chi connectivity index (χ3n) is 2.98. The van der Waals surface area contributed by atoms with Gasteiger partial charge in [0.15, 0.2) is 5.90 Å². The summed E-state index contributed by atoms with van der Waals surface area (Å²) in [5.41, 5.74) is 2.56. The van der Waals surface area contributed by atoms with Crippen LogP contribution in [0, 0.1) is 12.8 Å². The number of aryl methyl sites for hydroxylation is 1. The summed E-state index contributed by atoms with van der Waals surface area (Å²) in [5, 5.41) is 0. The van der Waals surface area contributed by atoms with Gasteiger partial charge in [0, 0.05) is 6.42 Å². The lowest BCUT2D eigenvalue weighted by atomic mass is 10.1. The SMILES string of the molecule is Cc1ccc(CC2=N[C@@H](C(C)C)CO2)cc1. The molecule has 1 aromatic carbocycles. The van der Waals surface area contributed by atoms with Crippen LogP contribution >= 0.6 is 0 Å². The first-order valence-electron chi connectivity index (χ1n) is 5.90. The molecule has 1 atom stereocenters. The van der Waals surface area contributed by atoms with Crippen molar-refractivity contribution in [3.8, 4) is 0 Å². The largest absolute Gasteiger partial charge is 0.478 e. The molecular formula is C14H19NO. The highest BCUT2D eigenvalue weighted by Crippen LogP contribution is 2.16. The molecule has 1 aliphatic heterocycles. The summed E-state index contributed by atoms with van der Waals surface area (Å²) in [4.78, 5) is 4.60. The van der Waals surface area contributed by atoms with Crippen molar-refractivity contribution < 1.29 is 4.74 Å². The fourth-order valence-corrected chi connectivity index (χ4v) is 1.76. The first-order valence-corrected chi connectivity index (χ1v) is 5.90. The zero-order valence-electron chi connectivity index (χ0n) is 10.2. The Kier molecular flexibility index (Phi) is 3.28. The molecule has 0 aromatic heterocycles. The fourth-order valence-electron chi connectivity index (χ4n) is 1.76. The van der Waals surface area contributed by atoms with E-state index < -0.39 is 0 Å². The molecular weight excluding hydrogens is 198 g/mol. The van der Waals surface area contributed by atoms with Gasteiger partial charge in [-0.25, -0.2) is 4.99 Å². The lowest BCUT2D eigenvalue weighted by Crippen LogP contribution is -2.13. The highest BCUT2D eigenvalue weighted by molar-refractivity contribution is 5.80. The van der Waals surface area contributed by atoms with Crippen molar-refractivity contribution in [3.05, 3.63) is 35.4 Å². The molecule has 0 saturated heterocycles. The van der Waals surface area contributed by atoms with E-state index in [4.69, 9.17) is 4.74 Å². The number of benzene rings is 1. The second-order valence-corrected chi connectivity index (χ2v) is 4.81. The summed E-state index contributed by atoms with van der Waals surface area (Å²) in [5.74, 6) is 1.46. The van der Waals surface area contributed by atoms with Gasteiger partial charge >= 0.3 is 0 Å². The van der Waals surface area contributed by atoms with E-state index in [0.29, 0.717) is 12.0 Å². The molecule has 1 aromatic rings. The summed E-state index contributed by atoms with van der Waals surface area (Å²) >= 11 is 0. The van der Waals surface area contributed by atoms with Gasteiger partial charge in [0.25, 0.3) is 0 Å². The molecule has 0 radical (unpaired) electrons. The molecule has 2 nitrogen and oxygen atoms in total. The van der Waals surface area contributed by atoms with E-state index in [0.717, 1.165) is 18.9 Å². The van der Waals surface area contributed by atoms with E-state index >= 15 is 0 Å². The minimum absolute atomic E-state index is 0.348. The quantitative estimate of drug-likeness (QED) is 0.762. The number of nitrogens with zero attached hydrogens (tertiary/aromatic N) is 1. The van der Waals surface area contributed by atoms with Crippen LogP contribution < -0.4 is 0 Å². The van der Waals surface area contributed by atoms with E-state index in [9.17, 15) is 0 Å². The predicted octanol–water partition coefficient (Wildman–Crippen LogP) is 2.99. The van der Waals surface area contributed by atoms with Crippen molar-refractivity contribution in [2.24, 2.45) is 10.9 Å². The van der Waals surface area contributed by atoms with Gasteiger partial charge in [-0.05, 0) is 18.4 Å². The van der Waals surface area contributed by atoms with Gasteiger partial charge < -0.3 is 4.74 Å². The monoisotopic (exact) mass is 217 g/mol. The van der Waals surface area contributed by atoms with Crippen LogP contribution in [-0.4, -0.2) is 18.5 Å². The summed E-state index contributed by atoms with van der Waals surface area (Å²) in [6.07, 6.45) is 0.823. The first-order chi connectivity index (χ1) is 7.65. The van der Waals surface area contributed by atoms with Crippen molar-refractivity contribution in [2.45, 2.75) is 33.2 Å². The molecule has 0 bridgehead atoms. The number of aliphatic imine (C=N–C) groups is 1. The van der Waals surface area contributed by atoms with E-state index in [1.54, 1.807) is 0 Å². The second-order valence-electron chi connectivity index (χ2n) is 4.81. The third-order valence-corrected chi connectivity index (χ3v) is 2.98. The van der Waals surface area contributed by atoms with Crippen LogP contribution in [0.4, 0.5) is 0 Å². The number of rotatable bonds is 3. The Hall–Kier alpha value is -1.31. The van der Waals surface area contributed by atoms with Crippen molar-refractivity contribution >= 4 is 5.90 Å². The number of hydrogen-bond acceptors (Lipinski definition) is 2. The second kappa shape index (κ2) is 4.69. The Morgan fingerprint density at radius 1 is 1.31 bits per heavy atom. The van der Waals surface area contributed by atoms with Crippen LogP contribution in [0.3, 0.4) is 0 Å². The standard InChI is InChI=1S/C14H19NO/c1-10(2)13-9-16-14(15-13)8-12-6-4-11(3)5-7-12/h4-7,10,13H,8-9H2,1-3H3/t13-/m1/s1. The van der Waals surface area contributed by atoms with E-state index in [2.05, 4.69) is 50.0 Å². The smallest absolute Gasteiger partial charge is 0.188 e. The highest BCUT2D eigenvalue weighted by Gasteiger charge is 2.21. The molecule has 0 unspecified atom stereocenters. The van der Waals surface area contributed by atoms with Gasteiger partial charge in [0.2, 0.25) is 0 Å². The summed E-state index contributed by atoms with van der Waals surface area (Å²) in [6, 6.07) is 8.89. The lowest BCUT2D eigenvalue weighted by Gasteiger charge is -2.06. The highest BCUT2D eigenvalue weighted by atomic mass is 16.5. The number of hydrogen-bond donors (Lipinski definition) is 0. The maximum Gasteiger partial charge on any atom is 0.188 e. The third kappa shape index (κ3) is 2.63. The zero-order chi connectivity index (χ0) is 11.5. The molecule has 2 heteroatoms. The van der Waals surface area contributed by atoms with Crippen molar-refractivity contribution in [3.63, 3.8) is 0 Å².